The van der Waals surface area contributed by atoms with E-state index < -0.39 is 23.8 Å². The van der Waals surface area contributed by atoms with Crippen LogP contribution < -0.4 is 9.47 Å². The molecule has 1 aliphatic heterocycles. The minimum absolute atomic E-state index is 0.127. The Morgan fingerprint density at radius 1 is 0.962 bits per heavy atom. The van der Waals surface area contributed by atoms with Gasteiger partial charge in [0.05, 0.1) is 25.6 Å². The molecular weight excluding hydrogens is 336 g/mol. The molecule has 0 bridgehead atoms. The molecule has 0 fully saturated rings. The van der Waals surface area contributed by atoms with Gasteiger partial charge in [0.15, 0.2) is 11.5 Å². The topological polar surface area (TPSA) is 71.1 Å². The highest BCUT2D eigenvalue weighted by molar-refractivity contribution is 5.90. The maximum absolute atomic E-state index is 12.8. The van der Waals surface area contributed by atoms with Crippen molar-refractivity contribution in [1.29, 1.82) is 0 Å². The van der Waals surface area contributed by atoms with Crippen molar-refractivity contribution < 1.29 is 28.5 Å². The lowest BCUT2D eigenvalue weighted by atomic mass is 9.81. The summed E-state index contributed by atoms with van der Waals surface area (Å²) < 4.78 is 21.0. The van der Waals surface area contributed by atoms with E-state index in [0.717, 1.165) is 0 Å². The molecule has 6 nitrogen and oxygen atoms in total. The molecule has 0 spiro atoms. The minimum Gasteiger partial charge on any atom is -0.469 e. The van der Waals surface area contributed by atoms with Gasteiger partial charge in [0.1, 0.15) is 0 Å². The van der Waals surface area contributed by atoms with Gasteiger partial charge in [-0.25, -0.2) is 0 Å². The van der Waals surface area contributed by atoms with E-state index in [9.17, 15) is 9.59 Å². The van der Waals surface area contributed by atoms with Crippen LogP contribution in [0.15, 0.2) is 48.5 Å². The molecule has 0 radical (unpaired) electrons. The normalized spacial score (nSPS) is 14.4. The SMILES string of the molecule is CCOC(=O)C(c1ccc2c(c1)OCO2)C(C(=O)OC)c1ccccc1. The van der Waals surface area contributed by atoms with Crippen LogP contribution >= 0.6 is 0 Å². The Labute approximate surface area is 151 Å². The van der Waals surface area contributed by atoms with Gasteiger partial charge in [-0.15, -0.1) is 0 Å². The molecule has 2 aromatic rings. The van der Waals surface area contributed by atoms with Crippen LogP contribution in [0.25, 0.3) is 0 Å². The van der Waals surface area contributed by atoms with Gasteiger partial charge in [0, 0.05) is 0 Å². The quantitative estimate of drug-likeness (QED) is 0.741. The first-order valence-corrected chi connectivity index (χ1v) is 8.34. The fourth-order valence-electron chi connectivity index (χ4n) is 3.06. The Morgan fingerprint density at radius 2 is 1.65 bits per heavy atom. The molecule has 0 aromatic heterocycles. The molecule has 0 N–H and O–H groups in total. The maximum Gasteiger partial charge on any atom is 0.314 e. The molecule has 2 unspecified atom stereocenters. The fraction of sp³-hybridized carbons (Fsp3) is 0.300. The standard InChI is InChI=1S/C20H20O6/c1-3-24-20(22)18(14-9-10-15-16(11-14)26-12-25-15)17(19(21)23-2)13-7-5-4-6-8-13/h4-11,17-18H,3,12H2,1-2H3. The van der Waals surface area contributed by atoms with Crippen molar-refractivity contribution in [2.45, 2.75) is 18.8 Å². The van der Waals surface area contributed by atoms with Crippen LogP contribution in [0.3, 0.4) is 0 Å². The second kappa shape index (κ2) is 7.91. The zero-order chi connectivity index (χ0) is 18.5. The summed E-state index contributed by atoms with van der Waals surface area (Å²) in [6, 6.07) is 14.2. The average Bonchev–Trinajstić information content (AvgIpc) is 3.14. The zero-order valence-electron chi connectivity index (χ0n) is 14.6. The van der Waals surface area contributed by atoms with Gasteiger partial charge in [-0.1, -0.05) is 36.4 Å². The van der Waals surface area contributed by atoms with Crippen molar-refractivity contribution in [3.8, 4) is 11.5 Å². The maximum atomic E-state index is 12.8. The van der Waals surface area contributed by atoms with E-state index in [1.54, 1.807) is 37.3 Å². The summed E-state index contributed by atoms with van der Waals surface area (Å²) in [6.07, 6.45) is 0. The van der Waals surface area contributed by atoms with E-state index in [4.69, 9.17) is 18.9 Å². The Balaban J connectivity index is 2.09. The lowest BCUT2D eigenvalue weighted by Gasteiger charge is -2.24. The summed E-state index contributed by atoms with van der Waals surface area (Å²) in [5.41, 5.74) is 1.28. The molecule has 6 heteroatoms. The summed E-state index contributed by atoms with van der Waals surface area (Å²) in [7, 11) is 1.31. The number of fused-ring (bicyclic) bond motifs is 1. The zero-order valence-corrected chi connectivity index (χ0v) is 14.6. The van der Waals surface area contributed by atoms with Crippen LogP contribution in [0, 0.1) is 0 Å². The van der Waals surface area contributed by atoms with E-state index >= 15 is 0 Å². The van der Waals surface area contributed by atoms with Crippen LogP contribution in [-0.4, -0.2) is 32.4 Å². The van der Waals surface area contributed by atoms with Gasteiger partial charge in [-0.05, 0) is 30.2 Å². The molecule has 1 aliphatic rings. The number of carbonyl (C=O) groups is 2. The number of ether oxygens (including phenoxy) is 4. The molecule has 1 heterocycles. The van der Waals surface area contributed by atoms with Gasteiger partial charge in [0.25, 0.3) is 0 Å². The second-order valence-corrected chi connectivity index (χ2v) is 5.75. The first-order valence-electron chi connectivity index (χ1n) is 8.34. The lowest BCUT2D eigenvalue weighted by molar-refractivity contribution is -0.152. The van der Waals surface area contributed by atoms with Gasteiger partial charge >= 0.3 is 11.9 Å². The second-order valence-electron chi connectivity index (χ2n) is 5.75. The van der Waals surface area contributed by atoms with Gasteiger partial charge in [0.2, 0.25) is 6.79 Å². The van der Waals surface area contributed by atoms with E-state index in [1.807, 2.05) is 18.2 Å². The molecule has 0 aliphatic carbocycles. The summed E-state index contributed by atoms with van der Waals surface area (Å²) >= 11 is 0. The highest BCUT2D eigenvalue weighted by Crippen LogP contribution is 2.40. The molecule has 0 saturated carbocycles. The Bertz CT molecular complexity index is 786. The number of carbonyl (C=O) groups excluding carboxylic acids is 2. The van der Waals surface area contributed by atoms with Crippen LogP contribution in [0.5, 0.6) is 11.5 Å². The summed E-state index contributed by atoms with van der Waals surface area (Å²) in [6.45, 7) is 2.06. The van der Waals surface area contributed by atoms with Gasteiger partial charge < -0.3 is 18.9 Å². The average molecular weight is 356 g/mol. The lowest BCUT2D eigenvalue weighted by Crippen LogP contribution is -2.29. The molecule has 26 heavy (non-hydrogen) atoms. The predicted octanol–water partition coefficient (Wildman–Crippen LogP) is 3.02. The van der Waals surface area contributed by atoms with E-state index in [1.165, 1.54) is 7.11 Å². The monoisotopic (exact) mass is 356 g/mol. The highest BCUT2D eigenvalue weighted by atomic mass is 16.7. The van der Waals surface area contributed by atoms with Crippen molar-refractivity contribution in [3.63, 3.8) is 0 Å². The number of esters is 2. The van der Waals surface area contributed by atoms with Gasteiger partial charge in [-0.2, -0.15) is 0 Å². The van der Waals surface area contributed by atoms with Crippen LogP contribution in [0.2, 0.25) is 0 Å². The Hall–Kier alpha value is -3.02. The Kier molecular flexibility index (Phi) is 5.41. The smallest absolute Gasteiger partial charge is 0.314 e. The van der Waals surface area contributed by atoms with Crippen molar-refractivity contribution in [2.75, 3.05) is 20.5 Å². The molecule has 3 rings (SSSR count). The predicted molar refractivity (Wildman–Crippen MR) is 93.1 cm³/mol. The van der Waals surface area contributed by atoms with E-state index in [2.05, 4.69) is 0 Å². The number of hydrogen-bond donors (Lipinski definition) is 0. The largest absolute Gasteiger partial charge is 0.469 e. The van der Waals surface area contributed by atoms with Crippen molar-refractivity contribution in [2.24, 2.45) is 0 Å². The summed E-state index contributed by atoms with van der Waals surface area (Å²) in [5, 5.41) is 0. The first kappa shape index (κ1) is 17.8. The molecular formula is C20H20O6. The number of hydrogen-bond acceptors (Lipinski definition) is 6. The molecule has 136 valence electrons. The van der Waals surface area contributed by atoms with Crippen molar-refractivity contribution in [1.82, 2.24) is 0 Å². The third kappa shape index (κ3) is 3.49. The van der Waals surface area contributed by atoms with Crippen molar-refractivity contribution >= 4 is 11.9 Å². The van der Waals surface area contributed by atoms with Crippen molar-refractivity contribution in [3.05, 3.63) is 59.7 Å². The molecule has 2 atom stereocenters. The number of rotatable bonds is 6. The highest BCUT2D eigenvalue weighted by Gasteiger charge is 2.39. The molecule has 0 amide bonds. The third-order valence-corrected chi connectivity index (χ3v) is 4.24. The number of benzene rings is 2. The Morgan fingerprint density at radius 3 is 2.35 bits per heavy atom. The summed E-state index contributed by atoms with van der Waals surface area (Å²) in [4.78, 5) is 25.4. The van der Waals surface area contributed by atoms with Gasteiger partial charge in [-0.3, -0.25) is 9.59 Å². The number of methoxy groups -OCH3 is 1. The van der Waals surface area contributed by atoms with Crippen LogP contribution in [0.4, 0.5) is 0 Å². The summed E-state index contributed by atoms with van der Waals surface area (Å²) in [5.74, 6) is -1.56. The molecule has 0 saturated heterocycles. The minimum atomic E-state index is -0.862. The van der Waals surface area contributed by atoms with Crippen LogP contribution in [-0.2, 0) is 19.1 Å². The molecule has 2 aromatic carbocycles. The third-order valence-electron chi connectivity index (χ3n) is 4.24. The fourth-order valence-corrected chi connectivity index (χ4v) is 3.06. The van der Waals surface area contributed by atoms with E-state index in [0.29, 0.717) is 22.6 Å². The van der Waals surface area contributed by atoms with E-state index in [-0.39, 0.29) is 13.4 Å². The first-order chi connectivity index (χ1) is 12.7. The van der Waals surface area contributed by atoms with Crippen LogP contribution in [0.1, 0.15) is 29.9 Å².